The van der Waals surface area contributed by atoms with Gasteiger partial charge in [0.05, 0.1) is 6.10 Å². The zero-order valence-corrected chi connectivity index (χ0v) is 16.5. The van der Waals surface area contributed by atoms with Gasteiger partial charge in [0.2, 0.25) is 0 Å². The van der Waals surface area contributed by atoms with Gasteiger partial charge in [0, 0.05) is 25.1 Å². The molecule has 1 atom stereocenters. The number of ether oxygens (including phenoxy) is 2. The number of hydrogen-bond donors (Lipinski definition) is 0. The van der Waals surface area contributed by atoms with E-state index in [1.54, 1.807) is 0 Å². The highest BCUT2D eigenvalue weighted by Crippen LogP contribution is 2.44. The van der Waals surface area contributed by atoms with Gasteiger partial charge in [0.1, 0.15) is 5.60 Å². The number of carbonyl (C=O) groups is 1. The Morgan fingerprint density at radius 3 is 2.50 bits per heavy atom. The van der Waals surface area contributed by atoms with Crippen LogP contribution >= 0.6 is 0 Å². The van der Waals surface area contributed by atoms with Crippen molar-refractivity contribution in [2.24, 2.45) is 5.41 Å². The van der Waals surface area contributed by atoms with Gasteiger partial charge in [-0.05, 0) is 64.9 Å². The number of likely N-dealkylation sites (tertiary alicyclic amines) is 1. The molecule has 1 aromatic rings. The predicted molar refractivity (Wildman–Crippen MR) is 103 cm³/mol. The molecular formula is C22H33NO3. The molecule has 2 aliphatic heterocycles. The van der Waals surface area contributed by atoms with Gasteiger partial charge in [-0.1, -0.05) is 30.3 Å². The lowest BCUT2D eigenvalue weighted by atomic mass is 9.69. The summed E-state index contributed by atoms with van der Waals surface area (Å²) in [6.45, 7) is 8.18. The first-order chi connectivity index (χ1) is 12.4. The second-order valence-corrected chi connectivity index (χ2v) is 8.82. The van der Waals surface area contributed by atoms with Crippen molar-refractivity contribution >= 4 is 6.09 Å². The van der Waals surface area contributed by atoms with E-state index in [1.807, 2.05) is 25.7 Å². The molecule has 3 rings (SSSR count). The molecule has 1 amide bonds. The Bertz CT molecular complexity index is 579. The largest absolute Gasteiger partial charge is 0.444 e. The average molecular weight is 360 g/mol. The molecule has 4 heteroatoms. The van der Waals surface area contributed by atoms with Gasteiger partial charge in [-0.3, -0.25) is 0 Å². The van der Waals surface area contributed by atoms with Crippen LogP contribution in [0.15, 0.2) is 30.3 Å². The van der Waals surface area contributed by atoms with E-state index in [-0.39, 0.29) is 11.5 Å². The van der Waals surface area contributed by atoms with Gasteiger partial charge < -0.3 is 14.4 Å². The molecule has 4 nitrogen and oxygen atoms in total. The molecule has 0 bridgehead atoms. The lowest BCUT2D eigenvalue weighted by Crippen LogP contribution is -2.49. The summed E-state index contributed by atoms with van der Waals surface area (Å²) in [5.74, 6) is 0. The molecule has 0 spiro atoms. The summed E-state index contributed by atoms with van der Waals surface area (Å²) in [5, 5.41) is 0. The number of aryl methyl sites for hydroxylation is 1. The quantitative estimate of drug-likeness (QED) is 0.774. The molecule has 1 aromatic carbocycles. The number of nitrogens with zero attached hydrogens (tertiary/aromatic N) is 1. The summed E-state index contributed by atoms with van der Waals surface area (Å²) < 4.78 is 11.7. The Kier molecular flexibility index (Phi) is 5.91. The fourth-order valence-electron chi connectivity index (χ4n) is 4.29. The summed E-state index contributed by atoms with van der Waals surface area (Å²) >= 11 is 0. The van der Waals surface area contributed by atoms with Crippen LogP contribution in [-0.4, -0.2) is 42.4 Å². The van der Waals surface area contributed by atoms with Crippen LogP contribution in [0.4, 0.5) is 4.79 Å². The van der Waals surface area contributed by atoms with Crippen molar-refractivity contribution in [2.75, 3.05) is 19.7 Å². The van der Waals surface area contributed by atoms with E-state index < -0.39 is 5.60 Å². The van der Waals surface area contributed by atoms with Crippen LogP contribution in [0.1, 0.15) is 58.4 Å². The highest BCUT2D eigenvalue weighted by Gasteiger charge is 2.44. The van der Waals surface area contributed by atoms with Crippen molar-refractivity contribution in [3.8, 4) is 0 Å². The summed E-state index contributed by atoms with van der Waals surface area (Å²) in [7, 11) is 0. The second-order valence-electron chi connectivity index (χ2n) is 8.82. The van der Waals surface area contributed by atoms with Gasteiger partial charge in [0.15, 0.2) is 0 Å². The van der Waals surface area contributed by atoms with Crippen LogP contribution in [-0.2, 0) is 15.9 Å². The van der Waals surface area contributed by atoms with Crippen LogP contribution in [0.3, 0.4) is 0 Å². The smallest absolute Gasteiger partial charge is 0.410 e. The maximum atomic E-state index is 12.4. The first-order valence-electron chi connectivity index (χ1n) is 10.0. The van der Waals surface area contributed by atoms with Gasteiger partial charge in [-0.15, -0.1) is 0 Å². The molecule has 0 aromatic heterocycles. The standard InChI is InChI=1S/C22H33NO3/c1-21(2,3)26-20(24)23-15-13-22(14-16-23,19-10-7-17-25-19)12-11-18-8-5-4-6-9-18/h4-6,8-9,19H,7,10-17H2,1-3H3. The number of carbonyl (C=O) groups excluding carboxylic acids is 1. The molecule has 26 heavy (non-hydrogen) atoms. The van der Waals surface area contributed by atoms with Gasteiger partial charge in [-0.2, -0.15) is 0 Å². The van der Waals surface area contributed by atoms with Crippen molar-refractivity contribution in [2.45, 2.75) is 71.0 Å². The Hall–Kier alpha value is -1.55. The van der Waals surface area contributed by atoms with Crippen LogP contribution in [0.5, 0.6) is 0 Å². The lowest BCUT2D eigenvalue weighted by molar-refractivity contribution is -0.0492. The third-order valence-electron chi connectivity index (χ3n) is 5.78. The molecule has 0 N–H and O–H groups in total. The van der Waals surface area contributed by atoms with E-state index in [2.05, 4.69) is 30.3 Å². The van der Waals surface area contributed by atoms with Crippen LogP contribution in [0.2, 0.25) is 0 Å². The lowest BCUT2D eigenvalue weighted by Gasteiger charge is -2.45. The molecule has 0 saturated carbocycles. The van der Waals surface area contributed by atoms with Gasteiger partial charge in [-0.25, -0.2) is 4.79 Å². The number of amides is 1. The maximum Gasteiger partial charge on any atom is 0.410 e. The van der Waals surface area contributed by atoms with E-state index in [9.17, 15) is 4.79 Å². The van der Waals surface area contributed by atoms with Crippen molar-refractivity contribution in [3.63, 3.8) is 0 Å². The minimum Gasteiger partial charge on any atom is -0.444 e. The summed E-state index contributed by atoms with van der Waals surface area (Å²) in [5.41, 5.74) is 1.14. The van der Waals surface area contributed by atoms with Crippen molar-refractivity contribution in [1.29, 1.82) is 0 Å². The Balaban J connectivity index is 1.64. The van der Waals surface area contributed by atoms with E-state index in [1.165, 1.54) is 5.56 Å². The second kappa shape index (κ2) is 7.99. The molecule has 0 radical (unpaired) electrons. The van der Waals surface area contributed by atoms with E-state index >= 15 is 0 Å². The molecule has 144 valence electrons. The minimum atomic E-state index is -0.437. The molecule has 2 fully saturated rings. The SMILES string of the molecule is CC(C)(C)OC(=O)N1CCC(CCc2ccccc2)(C2CCCO2)CC1. The number of rotatable bonds is 4. The topological polar surface area (TPSA) is 38.8 Å². The Morgan fingerprint density at radius 2 is 1.92 bits per heavy atom. The van der Waals surface area contributed by atoms with Gasteiger partial charge >= 0.3 is 6.09 Å². The molecule has 0 aliphatic carbocycles. The first kappa shape index (κ1) is 19.2. The first-order valence-corrected chi connectivity index (χ1v) is 10.0. The zero-order valence-electron chi connectivity index (χ0n) is 16.5. The van der Waals surface area contributed by atoms with Crippen LogP contribution < -0.4 is 0 Å². The summed E-state index contributed by atoms with van der Waals surface area (Å²) in [6, 6.07) is 10.7. The van der Waals surface area contributed by atoms with E-state index in [4.69, 9.17) is 9.47 Å². The normalized spacial score (nSPS) is 23.0. The molecular weight excluding hydrogens is 326 g/mol. The zero-order chi connectivity index (χ0) is 18.6. The average Bonchev–Trinajstić information content (AvgIpc) is 3.15. The maximum absolute atomic E-state index is 12.4. The van der Waals surface area contributed by atoms with E-state index in [0.29, 0.717) is 6.10 Å². The Labute approximate surface area is 157 Å². The number of piperidine rings is 1. The van der Waals surface area contributed by atoms with E-state index in [0.717, 1.165) is 58.2 Å². The minimum absolute atomic E-state index is 0.179. The fourth-order valence-corrected chi connectivity index (χ4v) is 4.29. The summed E-state index contributed by atoms with van der Waals surface area (Å²) in [4.78, 5) is 14.3. The third-order valence-corrected chi connectivity index (χ3v) is 5.78. The van der Waals surface area contributed by atoms with Crippen molar-refractivity contribution < 1.29 is 14.3 Å². The van der Waals surface area contributed by atoms with Crippen LogP contribution in [0.25, 0.3) is 0 Å². The third kappa shape index (κ3) is 4.79. The highest BCUT2D eigenvalue weighted by atomic mass is 16.6. The van der Waals surface area contributed by atoms with Crippen LogP contribution in [0, 0.1) is 5.41 Å². The summed E-state index contributed by atoms with van der Waals surface area (Å²) in [6.07, 6.45) is 6.69. The fraction of sp³-hybridized carbons (Fsp3) is 0.682. The molecule has 1 unspecified atom stereocenters. The number of benzene rings is 1. The number of hydrogen-bond acceptors (Lipinski definition) is 3. The molecule has 2 heterocycles. The highest BCUT2D eigenvalue weighted by molar-refractivity contribution is 5.68. The molecule has 2 aliphatic rings. The monoisotopic (exact) mass is 359 g/mol. The van der Waals surface area contributed by atoms with Crippen molar-refractivity contribution in [3.05, 3.63) is 35.9 Å². The predicted octanol–water partition coefficient (Wildman–Crippen LogP) is 4.82. The van der Waals surface area contributed by atoms with Gasteiger partial charge in [0.25, 0.3) is 0 Å². The molecule has 2 saturated heterocycles. The Morgan fingerprint density at radius 1 is 1.23 bits per heavy atom. The van der Waals surface area contributed by atoms with Crippen molar-refractivity contribution in [1.82, 2.24) is 4.90 Å².